The zero-order valence-corrected chi connectivity index (χ0v) is 22.5. The van der Waals surface area contributed by atoms with Crippen molar-refractivity contribution < 1.29 is 32.9 Å². The Labute approximate surface area is 219 Å². The van der Waals surface area contributed by atoms with E-state index in [0.717, 1.165) is 0 Å². The average Bonchev–Trinajstić information content (AvgIpc) is 3.11. The highest BCUT2D eigenvalue weighted by atomic mass is 35.5. The van der Waals surface area contributed by atoms with Crippen LogP contribution >= 0.6 is 11.6 Å². The largest absolute Gasteiger partial charge is 0.480 e. The first-order valence-electron chi connectivity index (χ1n) is 11.8. The molecule has 1 amide bonds. The van der Waals surface area contributed by atoms with E-state index in [0.29, 0.717) is 11.1 Å². The molecule has 1 aromatic carbocycles. The standard InChI is InChI=1S/C26H32ClF2N3O5/c1-8-26(28,29)21-22(31-18-11-16(27)9-10-17(18)30-21)36-19-12-32(24(34)37-25(5,6)7)20(15(19)4)23(33)35-13-14(2)3/h8-11,14-15,19,33H,1,12-13H2,2-7H3/b23-20+/t15-,19+/m1/s1. The number of fused-ring (bicyclic) bond motifs is 1. The van der Waals surface area contributed by atoms with Crippen molar-refractivity contribution in [2.75, 3.05) is 13.2 Å². The second-order valence-corrected chi connectivity index (χ2v) is 10.7. The molecule has 11 heteroatoms. The van der Waals surface area contributed by atoms with Gasteiger partial charge in [-0.05, 0) is 51.0 Å². The number of amides is 1. The van der Waals surface area contributed by atoms with Gasteiger partial charge in [-0.25, -0.2) is 14.8 Å². The third kappa shape index (κ3) is 6.60. The minimum absolute atomic E-state index is 0.102. The number of ether oxygens (including phenoxy) is 3. The second kappa shape index (κ2) is 10.7. The van der Waals surface area contributed by atoms with Gasteiger partial charge in [0.25, 0.3) is 5.95 Å². The zero-order valence-electron chi connectivity index (χ0n) is 21.7. The number of aliphatic hydroxyl groups is 1. The first-order valence-corrected chi connectivity index (χ1v) is 12.2. The summed E-state index contributed by atoms with van der Waals surface area (Å²) in [6, 6.07) is 4.47. The van der Waals surface area contributed by atoms with E-state index in [4.69, 9.17) is 25.8 Å². The normalized spacial score (nSPS) is 19.8. The van der Waals surface area contributed by atoms with Crippen molar-refractivity contribution in [1.29, 1.82) is 0 Å². The molecule has 1 aromatic heterocycles. The Kier molecular flexibility index (Phi) is 8.21. The number of likely N-dealkylation sites (tertiary alicyclic amines) is 1. The van der Waals surface area contributed by atoms with E-state index in [-0.39, 0.29) is 35.8 Å². The SMILES string of the molecule is C=CC(F)(F)c1nc2ccc(Cl)cc2nc1O[C@H]1CN(C(=O)OC(C)(C)C)/C(=C(\O)OCC(C)C)[C@@H]1C. The van der Waals surface area contributed by atoms with Gasteiger partial charge in [-0.1, -0.05) is 39.0 Å². The summed E-state index contributed by atoms with van der Waals surface area (Å²) in [5.41, 5.74) is -0.982. The Hall–Kier alpha value is -3.14. The van der Waals surface area contributed by atoms with Crippen molar-refractivity contribution in [2.45, 2.75) is 59.2 Å². The summed E-state index contributed by atoms with van der Waals surface area (Å²) in [5, 5.41) is 11.1. The van der Waals surface area contributed by atoms with Crippen molar-refractivity contribution in [3.05, 3.63) is 53.2 Å². The number of carbonyl (C=O) groups excluding carboxylic acids is 1. The van der Waals surface area contributed by atoms with Crippen molar-refractivity contribution in [3.8, 4) is 5.88 Å². The lowest BCUT2D eigenvalue weighted by Gasteiger charge is -2.25. The summed E-state index contributed by atoms with van der Waals surface area (Å²) >= 11 is 6.06. The van der Waals surface area contributed by atoms with Gasteiger partial charge < -0.3 is 19.3 Å². The minimum atomic E-state index is -3.55. The van der Waals surface area contributed by atoms with Gasteiger partial charge in [0.05, 0.1) is 24.2 Å². The molecule has 0 unspecified atom stereocenters. The number of alkyl halides is 2. The summed E-state index contributed by atoms with van der Waals surface area (Å²) < 4.78 is 46.6. The predicted molar refractivity (Wildman–Crippen MR) is 136 cm³/mol. The Bertz CT molecular complexity index is 1210. The summed E-state index contributed by atoms with van der Waals surface area (Å²) in [5.74, 6) is -5.02. The first-order chi connectivity index (χ1) is 17.1. The Morgan fingerprint density at radius 3 is 2.57 bits per heavy atom. The molecule has 0 saturated carbocycles. The molecule has 8 nitrogen and oxygen atoms in total. The van der Waals surface area contributed by atoms with Gasteiger partial charge in [-0.2, -0.15) is 8.78 Å². The van der Waals surface area contributed by atoms with E-state index in [9.17, 15) is 18.7 Å². The Balaban J connectivity index is 2.05. The Morgan fingerprint density at radius 1 is 1.30 bits per heavy atom. The molecule has 1 N–H and O–H groups in total. The average molecular weight is 540 g/mol. The molecule has 1 saturated heterocycles. The molecular weight excluding hydrogens is 508 g/mol. The second-order valence-electron chi connectivity index (χ2n) is 10.3. The van der Waals surface area contributed by atoms with Crippen molar-refractivity contribution in [2.24, 2.45) is 11.8 Å². The molecule has 0 aliphatic carbocycles. The highest BCUT2D eigenvalue weighted by Gasteiger charge is 2.45. The van der Waals surface area contributed by atoms with E-state index < -0.39 is 47.2 Å². The van der Waals surface area contributed by atoms with E-state index in [2.05, 4.69) is 16.5 Å². The van der Waals surface area contributed by atoms with E-state index in [1.54, 1.807) is 27.7 Å². The lowest BCUT2D eigenvalue weighted by molar-refractivity contribution is 0.0243. The smallest absolute Gasteiger partial charge is 0.414 e. The molecular formula is C26H32ClF2N3O5. The molecule has 2 atom stereocenters. The van der Waals surface area contributed by atoms with Gasteiger partial charge in [0.15, 0.2) is 5.69 Å². The van der Waals surface area contributed by atoms with Crippen LogP contribution in [0.15, 0.2) is 42.5 Å². The quantitative estimate of drug-likeness (QED) is 0.313. The van der Waals surface area contributed by atoms with Gasteiger partial charge in [-0.15, -0.1) is 0 Å². The molecule has 0 spiro atoms. The predicted octanol–water partition coefficient (Wildman–Crippen LogP) is 6.59. The molecule has 3 rings (SSSR count). The fraction of sp³-hybridized carbons (Fsp3) is 0.500. The number of hydrogen-bond acceptors (Lipinski definition) is 7. The van der Waals surface area contributed by atoms with Gasteiger partial charge in [-0.3, -0.25) is 4.90 Å². The van der Waals surface area contributed by atoms with Crippen LogP contribution in [0, 0.1) is 11.8 Å². The van der Waals surface area contributed by atoms with Crippen molar-refractivity contribution in [3.63, 3.8) is 0 Å². The number of allylic oxidation sites excluding steroid dienone is 1. The molecule has 2 aromatic rings. The van der Waals surface area contributed by atoms with Gasteiger partial charge in [0.1, 0.15) is 17.4 Å². The maximum atomic E-state index is 14.8. The minimum Gasteiger partial charge on any atom is -0.480 e. The molecule has 1 aliphatic rings. The maximum Gasteiger partial charge on any atom is 0.414 e. The maximum absolute atomic E-state index is 14.8. The van der Waals surface area contributed by atoms with Gasteiger partial charge in [0.2, 0.25) is 5.88 Å². The summed E-state index contributed by atoms with van der Waals surface area (Å²) in [7, 11) is 0. The van der Waals surface area contributed by atoms with Crippen LogP contribution in [0.3, 0.4) is 0 Å². The molecule has 2 heterocycles. The van der Waals surface area contributed by atoms with Crippen LogP contribution in [0.5, 0.6) is 5.88 Å². The lowest BCUT2D eigenvalue weighted by atomic mass is 10.1. The molecule has 1 aliphatic heterocycles. The van der Waals surface area contributed by atoms with Gasteiger partial charge in [0, 0.05) is 10.9 Å². The van der Waals surface area contributed by atoms with E-state index in [1.807, 2.05) is 13.8 Å². The van der Waals surface area contributed by atoms with Crippen molar-refractivity contribution >= 4 is 28.7 Å². The van der Waals surface area contributed by atoms with E-state index >= 15 is 0 Å². The molecule has 0 radical (unpaired) electrons. The van der Waals surface area contributed by atoms with Crippen LogP contribution in [0.2, 0.25) is 5.02 Å². The van der Waals surface area contributed by atoms with Crippen LogP contribution in [0.25, 0.3) is 11.0 Å². The van der Waals surface area contributed by atoms with Gasteiger partial charge >= 0.3 is 12.0 Å². The van der Waals surface area contributed by atoms with Crippen LogP contribution < -0.4 is 4.74 Å². The van der Waals surface area contributed by atoms with Crippen LogP contribution in [-0.4, -0.2) is 50.9 Å². The highest BCUT2D eigenvalue weighted by molar-refractivity contribution is 6.31. The zero-order chi connectivity index (χ0) is 27.7. The Morgan fingerprint density at radius 2 is 1.97 bits per heavy atom. The molecule has 1 fully saturated rings. The number of halogens is 3. The number of benzene rings is 1. The number of rotatable bonds is 7. The lowest BCUT2D eigenvalue weighted by Crippen LogP contribution is -2.36. The third-order valence-electron chi connectivity index (χ3n) is 5.46. The topological polar surface area (TPSA) is 94.0 Å². The summed E-state index contributed by atoms with van der Waals surface area (Å²) in [4.78, 5) is 22.5. The van der Waals surface area contributed by atoms with Crippen molar-refractivity contribution in [1.82, 2.24) is 14.9 Å². The fourth-order valence-corrected chi connectivity index (χ4v) is 3.83. The van der Waals surface area contributed by atoms with E-state index in [1.165, 1.54) is 23.1 Å². The van der Waals surface area contributed by atoms with Crippen LogP contribution in [0.1, 0.15) is 47.2 Å². The summed E-state index contributed by atoms with van der Waals surface area (Å²) in [6.45, 7) is 13.9. The molecule has 202 valence electrons. The number of aromatic nitrogens is 2. The first kappa shape index (κ1) is 28.4. The highest BCUT2D eigenvalue weighted by Crippen LogP contribution is 2.39. The van der Waals surface area contributed by atoms with Crippen LogP contribution in [0.4, 0.5) is 13.6 Å². The molecule has 37 heavy (non-hydrogen) atoms. The van der Waals surface area contributed by atoms with Crippen LogP contribution in [-0.2, 0) is 15.4 Å². The number of nitrogens with zero attached hydrogens (tertiary/aromatic N) is 3. The summed E-state index contributed by atoms with van der Waals surface area (Å²) in [6.07, 6.45) is -1.18. The monoisotopic (exact) mass is 539 g/mol. The number of aliphatic hydroxyl groups excluding tert-OH is 1. The number of carbonyl (C=O) groups is 1. The molecule has 0 bridgehead atoms. The fourth-order valence-electron chi connectivity index (χ4n) is 3.67. The third-order valence-corrected chi connectivity index (χ3v) is 5.69. The number of hydrogen-bond donors (Lipinski definition) is 1.